The van der Waals surface area contributed by atoms with Crippen LogP contribution in [0.15, 0.2) is 36.4 Å². The van der Waals surface area contributed by atoms with Gasteiger partial charge in [0.2, 0.25) is 0 Å². The van der Waals surface area contributed by atoms with Crippen LogP contribution in [0.2, 0.25) is 0 Å². The molecule has 25 heavy (non-hydrogen) atoms. The number of benzene rings is 1. The van der Waals surface area contributed by atoms with Gasteiger partial charge in [-0.15, -0.1) is 10.2 Å². The van der Waals surface area contributed by atoms with Gasteiger partial charge in [0.05, 0.1) is 0 Å². The van der Waals surface area contributed by atoms with E-state index in [1.54, 1.807) is 15.9 Å². The number of alkyl halides is 3. The fraction of sp³-hybridized carbons (Fsp3) is 0.312. The van der Waals surface area contributed by atoms with Crippen LogP contribution in [0.1, 0.15) is 16.1 Å². The highest BCUT2D eigenvalue weighted by Gasteiger charge is 2.33. The van der Waals surface area contributed by atoms with Crippen LogP contribution < -0.4 is 4.90 Å². The van der Waals surface area contributed by atoms with Gasteiger partial charge in [0.25, 0.3) is 5.91 Å². The summed E-state index contributed by atoms with van der Waals surface area (Å²) < 4.78 is 50.7. The van der Waals surface area contributed by atoms with Crippen molar-refractivity contribution >= 4 is 11.7 Å². The molecule has 5 nitrogen and oxygen atoms in total. The van der Waals surface area contributed by atoms with Gasteiger partial charge in [-0.25, -0.2) is 4.39 Å². The van der Waals surface area contributed by atoms with Crippen LogP contribution in [0.3, 0.4) is 0 Å². The molecule has 132 valence electrons. The van der Waals surface area contributed by atoms with Crippen molar-refractivity contribution in [2.45, 2.75) is 6.18 Å². The van der Waals surface area contributed by atoms with E-state index < -0.39 is 17.7 Å². The summed E-state index contributed by atoms with van der Waals surface area (Å²) in [4.78, 5) is 15.7. The number of carbonyl (C=O) groups is 1. The maximum atomic E-state index is 13.2. The Morgan fingerprint density at radius 2 is 1.72 bits per heavy atom. The van der Waals surface area contributed by atoms with E-state index in [2.05, 4.69) is 10.2 Å². The van der Waals surface area contributed by atoms with Crippen molar-refractivity contribution in [2.75, 3.05) is 31.1 Å². The number of carbonyl (C=O) groups excluding carboxylic acids is 1. The van der Waals surface area contributed by atoms with Crippen LogP contribution in [0, 0.1) is 5.82 Å². The quantitative estimate of drug-likeness (QED) is 0.778. The Hall–Kier alpha value is -2.71. The third-order valence-corrected chi connectivity index (χ3v) is 3.90. The number of amides is 1. The number of hydrogen-bond acceptors (Lipinski definition) is 4. The van der Waals surface area contributed by atoms with Crippen molar-refractivity contribution < 1.29 is 22.4 Å². The molecule has 1 aromatic carbocycles. The highest BCUT2D eigenvalue weighted by Crippen LogP contribution is 2.27. The monoisotopic (exact) mass is 354 g/mol. The lowest BCUT2D eigenvalue weighted by Gasteiger charge is -2.35. The molecule has 2 aromatic rings. The van der Waals surface area contributed by atoms with Crippen molar-refractivity contribution in [1.29, 1.82) is 0 Å². The van der Waals surface area contributed by atoms with Gasteiger partial charge in [0.1, 0.15) is 5.82 Å². The second kappa shape index (κ2) is 6.66. The van der Waals surface area contributed by atoms with Gasteiger partial charge in [0.15, 0.2) is 11.5 Å². The topological polar surface area (TPSA) is 49.3 Å². The van der Waals surface area contributed by atoms with E-state index in [1.807, 2.05) is 0 Å². The Labute approximate surface area is 140 Å². The fourth-order valence-electron chi connectivity index (χ4n) is 2.59. The normalized spacial score (nSPS) is 15.4. The predicted molar refractivity (Wildman–Crippen MR) is 81.6 cm³/mol. The van der Waals surface area contributed by atoms with Gasteiger partial charge in [-0.2, -0.15) is 13.2 Å². The summed E-state index contributed by atoms with van der Waals surface area (Å²) in [6.45, 7) is 1.53. The minimum atomic E-state index is -4.53. The lowest BCUT2D eigenvalue weighted by Crippen LogP contribution is -2.49. The molecule has 0 N–H and O–H groups in total. The van der Waals surface area contributed by atoms with Gasteiger partial charge in [-0.3, -0.25) is 4.79 Å². The van der Waals surface area contributed by atoms with Crippen LogP contribution in [0.5, 0.6) is 0 Å². The van der Waals surface area contributed by atoms with E-state index in [0.29, 0.717) is 32.0 Å². The Kier molecular flexibility index (Phi) is 4.56. The number of halogens is 4. The molecule has 1 saturated heterocycles. The smallest absolute Gasteiger partial charge is 0.352 e. The fourth-order valence-corrected chi connectivity index (χ4v) is 2.59. The summed E-state index contributed by atoms with van der Waals surface area (Å²) >= 11 is 0. The average Bonchev–Trinajstić information content (AvgIpc) is 2.61. The lowest BCUT2D eigenvalue weighted by atomic mass is 10.1. The summed E-state index contributed by atoms with van der Waals surface area (Å²) in [5, 5.41) is 6.81. The Bertz CT molecular complexity index is 755. The van der Waals surface area contributed by atoms with Crippen molar-refractivity contribution in [3.63, 3.8) is 0 Å². The molecular weight excluding hydrogens is 340 g/mol. The van der Waals surface area contributed by atoms with E-state index in [1.165, 1.54) is 24.3 Å². The maximum absolute atomic E-state index is 13.2. The second-order valence-electron chi connectivity index (χ2n) is 5.56. The zero-order chi connectivity index (χ0) is 18.0. The van der Waals surface area contributed by atoms with E-state index >= 15 is 0 Å². The summed E-state index contributed by atoms with van der Waals surface area (Å²) in [7, 11) is 0. The van der Waals surface area contributed by atoms with Crippen LogP contribution in [-0.4, -0.2) is 47.2 Å². The number of aromatic nitrogens is 2. The van der Waals surface area contributed by atoms with Gasteiger partial charge in [-0.05, 0) is 30.3 Å². The van der Waals surface area contributed by atoms with Crippen LogP contribution in [0.25, 0.3) is 0 Å². The summed E-state index contributed by atoms with van der Waals surface area (Å²) in [6, 6.07) is 7.59. The molecule has 1 amide bonds. The van der Waals surface area contributed by atoms with Crippen LogP contribution >= 0.6 is 0 Å². The van der Waals surface area contributed by atoms with E-state index in [4.69, 9.17) is 0 Å². The molecule has 0 unspecified atom stereocenters. The van der Waals surface area contributed by atoms with E-state index in [0.717, 1.165) is 6.07 Å². The number of nitrogens with zero attached hydrogens (tertiary/aromatic N) is 4. The third kappa shape index (κ3) is 3.86. The second-order valence-corrected chi connectivity index (χ2v) is 5.56. The first-order chi connectivity index (χ1) is 11.8. The minimum absolute atomic E-state index is 0.266. The molecule has 0 aliphatic carbocycles. The Balaban J connectivity index is 1.63. The van der Waals surface area contributed by atoms with Gasteiger partial charge in [-0.1, -0.05) is 6.07 Å². The number of anilines is 1. The number of hydrogen-bond donors (Lipinski definition) is 0. The summed E-state index contributed by atoms with van der Waals surface area (Å²) in [6.07, 6.45) is -4.53. The molecule has 2 heterocycles. The molecule has 0 radical (unpaired) electrons. The molecule has 0 atom stereocenters. The molecule has 1 aliphatic rings. The van der Waals surface area contributed by atoms with Crippen molar-refractivity contribution in [1.82, 2.24) is 15.1 Å². The van der Waals surface area contributed by atoms with Crippen molar-refractivity contribution in [3.05, 3.63) is 53.5 Å². The molecule has 9 heteroatoms. The zero-order valence-corrected chi connectivity index (χ0v) is 13.0. The van der Waals surface area contributed by atoms with Crippen LogP contribution in [0.4, 0.5) is 23.4 Å². The first-order valence-electron chi connectivity index (χ1n) is 7.55. The predicted octanol–water partition coefficient (Wildman–Crippen LogP) is 2.60. The molecule has 0 bridgehead atoms. The van der Waals surface area contributed by atoms with E-state index in [9.17, 15) is 22.4 Å². The highest BCUT2D eigenvalue weighted by molar-refractivity contribution is 5.94. The molecule has 3 rings (SSSR count). The largest absolute Gasteiger partial charge is 0.435 e. The molecule has 0 saturated carbocycles. The van der Waals surface area contributed by atoms with Gasteiger partial charge >= 0.3 is 6.18 Å². The minimum Gasteiger partial charge on any atom is -0.352 e. The molecule has 1 aliphatic heterocycles. The lowest BCUT2D eigenvalue weighted by molar-refractivity contribution is -0.141. The van der Waals surface area contributed by atoms with E-state index in [-0.39, 0.29) is 11.5 Å². The van der Waals surface area contributed by atoms with Crippen LogP contribution in [-0.2, 0) is 6.18 Å². The first-order valence-corrected chi connectivity index (χ1v) is 7.55. The highest BCUT2D eigenvalue weighted by atomic mass is 19.4. The third-order valence-electron chi connectivity index (χ3n) is 3.90. The molecule has 0 spiro atoms. The Morgan fingerprint density at radius 1 is 1.00 bits per heavy atom. The zero-order valence-electron chi connectivity index (χ0n) is 13.0. The molecule has 1 aromatic heterocycles. The maximum Gasteiger partial charge on any atom is 0.435 e. The summed E-state index contributed by atoms with van der Waals surface area (Å²) in [5.74, 6) is -0.437. The average molecular weight is 354 g/mol. The van der Waals surface area contributed by atoms with Gasteiger partial charge < -0.3 is 9.80 Å². The van der Waals surface area contributed by atoms with Crippen molar-refractivity contribution in [3.8, 4) is 0 Å². The number of piperazine rings is 1. The first kappa shape index (κ1) is 17.1. The SMILES string of the molecule is O=C(c1cccc(F)c1)N1CCN(c2ccc(C(F)(F)F)nn2)CC1. The molecule has 1 fully saturated rings. The number of rotatable bonds is 2. The summed E-state index contributed by atoms with van der Waals surface area (Å²) in [5.41, 5.74) is -0.779. The Morgan fingerprint density at radius 3 is 2.28 bits per heavy atom. The molecular formula is C16H14F4N4O. The standard InChI is InChI=1S/C16H14F4N4O/c17-12-3-1-2-11(10-12)15(25)24-8-6-23(7-9-24)14-5-4-13(21-22-14)16(18,19)20/h1-5,10H,6-9H2. The van der Waals surface area contributed by atoms with Crippen molar-refractivity contribution in [2.24, 2.45) is 0 Å². The van der Waals surface area contributed by atoms with Gasteiger partial charge in [0, 0.05) is 31.7 Å².